The van der Waals surface area contributed by atoms with Crippen molar-refractivity contribution in [2.75, 3.05) is 7.11 Å². The number of esters is 1. The molecule has 0 aliphatic heterocycles. The van der Waals surface area contributed by atoms with Crippen LogP contribution in [0.2, 0.25) is 5.02 Å². The number of halogens is 4. The minimum Gasteiger partial charge on any atom is -0.465 e. The number of hydrogen-bond acceptors (Lipinski definition) is 3. The quantitative estimate of drug-likeness (QED) is 0.752. The number of fused-ring (bicyclic) bond motifs is 1. The third kappa shape index (κ3) is 2.49. The van der Waals surface area contributed by atoms with Crippen LogP contribution in [0.4, 0.5) is 13.2 Å². The van der Waals surface area contributed by atoms with Crippen molar-refractivity contribution in [3.63, 3.8) is 0 Å². The molecule has 0 saturated carbocycles. The van der Waals surface area contributed by atoms with Crippen LogP contribution < -0.4 is 0 Å². The summed E-state index contributed by atoms with van der Waals surface area (Å²) in [5.74, 6) is -0.770. The number of ether oxygens (including phenoxy) is 1. The normalized spacial score (nSPS) is 11.6. The van der Waals surface area contributed by atoms with Crippen molar-refractivity contribution in [1.29, 1.82) is 0 Å². The third-order valence-corrected chi connectivity index (χ3v) is 2.80. The molecule has 0 fully saturated rings. The second-order valence-electron chi connectivity index (χ2n) is 3.68. The predicted molar refractivity (Wildman–Crippen MR) is 63.1 cm³/mol. The number of carbonyl (C=O) groups is 1. The SMILES string of the molecule is COC(=O)c1cccc2c(Cl)cc(C(F)(F)F)nc12. The standard InChI is InChI=1S/C12H7ClF3NO2/c1-19-11(18)7-4-2-3-6-8(13)5-9(12(14,15)16)17-10(6)7/h2-5H,1H3. The highest BCUT2D eigenvalue weighted by Gasteiger charge is 2.33. The van der Waals surface area contributed by atoms with Crippen LogP contribution in [0.3, 0.4) is 0 Å². The van der Waals surface area contributed by atoms with E-state index in [9.17, 15) is 18.0 Å². The molecule has 0 bridgehead atoms. The van der Waals surface area contributed by atoms with Gasteiger partial charge in [0.1, 0.15) is 5.69 Å². The van der Waals surface area contributed by atoms with Crippen molar-refractivity contribution in [2.45, 2.75) is 6.18 Å². The summed E-state index contributed by atoms with van der Waals surface area (Å²) in [6.07, 6.45) is -4.64. The van der Waals surface area contributed by atoms with Crippen LogP contribution in [0.5, 0.6) is 0 Å². The topological polar surface area (TPSA) is 39.2 Å². The molecule has 100 valence electrons. The van der Waals surface area contributed by atoms with Crippen molar-refractivity contribution in [3.8, 4) is 0 Å². The average molecular weight is 290 g/mol. The second kappa shape index (κ2) is 4.70. The summed E-state index contributed by atoms with van der Waals surface area (Å²) in [5, 5.41) is 0.139. The van der Waals surface area contributed by atoms with E-state index in [2.05, 4.69) is 9.72 Å². The van der Waals surface area contributed by atoms with E-state index in [0.717, 1.165) is 13.2 Å². The summed E-state index contributed by atoms with van der Waals surface area (Å²) in [5.41, 5.74) is -1.34. The smallest absolute Gasteiger partial charge is 0.433 e. The first-order valence-corrected chi connectivity index (χ1v) is 5.47. The molecule has 2 rings (SSSR count). The number of para-hydroxylation sites is 1. The van der Waals surface area contributed by atoms with E-state index < -0.39 is 17.8 Å². The predicted octanol–water partition coefficient (Wildman–Crippen LogP) is 3.69. The van der Waals surface area contributed by atoms with Gasteiger partial charge in [-0.25, -0.2) is 9.78 Å². The summed E-state index contributed by atoms with van der Waals surface area (Å²) < 4.78 is 42.5. The minimum absolute atomic E-state index is 0.0620. The molecule has 3 nitrogen and oxygen atoms in total. The number of methoxy groups -OCH3 is 1. The number of pyridine rings is 1. The monoisotopic (exact) mass is 289 g/mol. The van der Waals surface area contributed by atoms with Crippen LogP contribution >= 0.6 is 11.6 Å². The van der Waals surface area contributed by atoms with Crippen molar-refractivity contribution in [2.24, 2.45) is 0 Å². The Morgan fingerprint density at radius 1 is 1.37 bits per heavy atom. The zero-order valence-electron chi connectivity index (χ0n) is 9.58. The Bertz CT molecular complexity index is 655. The first kappa shape index (κ1) is 13.6. The van der Waals surface area contributed by atoms with Gasteiger partial charge in [-0.15, -0.1) is 0 Å². The van der Waals surface area contributed by atoms with Crippen LogP contribution in [0, 0.1) is 0 Å². The van der Waals surface area contributed by atoms with Gasteiger partial charge in [-0.05, 0) is 12.1 Å². The molecule has 0 spiro atoms. The van der Waals surface area contributed by atoms with E-state index in [1.807, 2.05) is 0 Å². The Kier molecular flexibility index (Phi) is 3.36. The van der Waals surface area contributed by atoms with E-state index in [1.54, 1.807) is 0 Å². The zero-order valence-corrected chi connectivity index (χ0v) is 10.3. The number of aromatic nitrogens is 1. The van der Waals surface area contributed by atoms with Gasteiger partial charge in [0, 0.05) is 5.39 Å². The number of alkyl halides is 3. The van der Waals surface area contributed by atoms with Gasteiger partial charge in [0.2, 0.25) is 0 Å². The first-order valence-electron chi connectivity index (χ1n) is 5.09. The lowest BCUT2D eigenvalue weighted by atomic mass is 10.1. The summed E-state index contributed by atoms with van der Waals surface area (Å²) >= 11 is 5.80. The molecule has 0 aliphatic rings. The fourth-order valence-electron chi connectivity index (χ4n) is 1.63. The van der Waals surface area contributed by atoms with E-state index in [-0.39, 0.29) is 21.5 Å². The van der Waals surface area contributed by atoms with Gasteiger partial charge >= 0.3 is 12.1 Å². The van der Waals surface area contributed by atoms with Gasteiger partial charge < -0.3 is 4.74 Å². The van der Waals surface area contributed by atoms with Gasteiger partial charge in [-0.1, -0.05) is 23.7 Å². The Morgan fingerprint density at radius 3 is 2.63 bits per heavy atom. The maximum atomic E-state index is 12.7. The lowest BCUT2D eigenvalue weighted by Gasteiger charge is -2.10. The van der Waals surface area contributed by atoms with Crippen LogP contribution in [0.15, 0.2) is 24.3 Å². The zero-order chi connectivity index (χ0) is 14.2. The van der Waals surface area contributed by atoms with Crippen LogP contribution in [0.1, 0.15) is 16.1 Å². The van der Waals surface area contributed by atoms with Crippen molar-refractivity contribution < 1.29 is 22.7 Å². The molecule has 0 aliphatic carbocycles. The summed E-state index contributed by atoms with van der Waals surface area (Å²) in [6.45, 7) is 0. The molecule has 2 aromatic rings. The Morgan fingerprint density at radius 2 is 2.05 bits per heavy atom. The van der Waals surface area contributed by atoms with Gasteiger partial charge in [-0.3, -0.25) is 0 Å². The number of hydrogen-bond donors (Lipinski definition) is 0. The molecule has 0 radical (unpaired) electrons. The largest absolute Gasteiger partial charge is 0.465 e. The van der Waals surface area contributed by atoms with Crippen molar-refractivity contribution in [3.05, 3.63) is 40.5 Å². The van der Waals surface area contributed by atoms with Crippen LogP contribution in [-0.4, -0.2) is 18.1 Å². The van der Waals surface area contributed by atoms with E-state index in [4.69, 9.17) is 11.6 Å². The number of rotatable bonds is 1. The molecule has 0 amide bonds. The fraction of sp³-hybridized carbons (Fsp3) is 0.167. The molecule has 7 heteroatoms. The fourth-order valence-corrected chi connectivity index (χ4v) is 1.88. The van der Waals surface area contributed by atoms with E-state index in [0.29, 0.717) is 0 Å². The third-order valence-electron chi connectivity index (χ3n) is 2.48. The molecule has 0 saturated heterocycles. The lowest BCUT2D eigenvalue weighted by Crippen LogP contribution is -2.10. The molecular formula is C12H7ClF3NO2. The molecule has 1 aromatic heterocycles. The number of benzene rings is 1. The summed E-state index contributed by atoms with van der Waals surface area (Å²) in [6, 6.07) is 5.04. The highest BCUT2D eigenvalue weighted by atomic mass is 35.5. The molecule has 0 N–H and O–H groups in total. The Labute approximate surface area is 111 Å². The van der Waals surface area contributed by atoms with Crippen LogP contribution in [0.25, 0.3) is 10.9 Å². The summed E-state index contributed by atoms with van der Waals surface area (Å²) in [7, 11) is 1.14. The van der Waals surface area contributed by atoms with Crippen molar-refractivity contribution in [1.82, 2.24) is 4.98 Å². The number of carbonyl (C=O) groups excluding carboxylic acids is 1. The van der Waals surface area contributed by atoms with E-state index in [1.165, 1.54) is 18.2 Å². The molecule has 1 heterocycles. The Balaban J connectivity index is 2.80. The second-order valence-corrected chi connectivity index (χ2v) is 4.09. The Hall–Kier alpha value is -1.82. The molecule has 0 unspecified atom stereocenters. The highest BCUT2D eigenvalue weighted by Crippen LogP contribution is 2.33. The van der Waals surface area contributed by atoms with Gasteiger partial charge in [0.05, 0.1) is 23.2 Å². The van der Waals surface area contributed by atoms with Gasteiger partial charge in [-0.2, -0.15) is 13.2 Å². The van der Waals surface area contributed by atoms with Crippen LogP contribution in [-0.2, 0) is 10.9 Å². The molecule has 1 aromatic carbocycles. The van der Waals surface area contributed by atoms with Crippen molar-refractivity contribution >= 4 is 28.5 Å². The summed E-state index contributed by atoms with van der Waals surface area (Å²) in [4.78, 5) is 15.0. The minimum atomic E-state index is -4.64. The molecule has 19 heavy (non-hydrogen) atoms. The molecule has 0 atom stereocenters. The average Bonchev–Trinajstić information content (AvgIpc) is 2.36. The first-order chi connectivity index (χ1) is 8.84. The maximum absolute atomic E-state index is 12.7. The highest BCUT2D eigenvalue weighted by molar-refractivity contribution is 6.35. The van der Waals surface area contributed by atoms with Gasteiger partial charge in [0.25, 0.3) is 0 Å². The van der Waals surface area contributed by atoms with Gasteiger partial charge in [0.15, 0.2) is 0 Å². The van der Waals surface area contributed by atoms with E-state index >= 15 is 0 Å². The molecular weight excluding hydrogens is 283 g/mol. The maximum Gasteiger partial charge on any atom is 0.433 e. The number of nitrogens with zero attached hydrogens (tertiary/aromatic N) is 1. The lowest BCUT2D eigenvalue weighted by molar-refractivity contribution is -0.140.